The van der Waals surface area contributed by atoms with Gasteiger partial charge in [0.1, 0.15) is 5.15 Å². The van der Waals surface area contributed by atoms with E-state index in [2.05, 4.69) is 32.3 Å². The van der Waals surface area contributed by atoms with Gasteiger partial charge in [-0.25, -0.2) is 4.98 Å². The molecule has 0 saturated heterocycles. The molecule has 0 spiro atoms. The van der Waals surface area contributed by atoms with E-state index in [1.54, 1.807) is 12.3 Å². The van der Waals surface area contributed by atoms with Gasteiger partial charge >= 0.3 is 0 Å². The lowest BCUT2D eigenvalue weighted by atomic mass is 9.97. The molecule has 102 valence electrons. The highest BCUT2D eigenvalue weighted by Crippen LogP contribution is 2.20. The molecule has 5 heteroatoms. The molecule has 1 aromatic heterocycles. The SMILES string of the molecule is O=C(NCCC1=CCCCC1)c1cc(Br)cnc1Cl. The molecule has 2 rings (SSSR count). The molecule has 0 aliphatic heterocycles. The summed E-state index contributed by atoms with van der Waals surface area (Å²) in [7, 11) is 0. The first-order valence-electron chi connectivity index (χ1n) is 6.44. The second-order valence-corrected chi connectivity index (χ2v) is 5.88. The molecule has 0 bridgehead atoms. The van der Waals surface area contributed by atoms with E-state index in [0.717, 1.165) is 17.3 Å². The largest absolute Gasteiger partial charge is 0.352 e. The van der Waals surface area contributed by atoms with Crippen molar-refractivity contribution in [1.82, 2.24) is 10.3 Å². The van der Waals surface area contributed by atoms with Crippen LogP contribution in [0.3, 0.4) is 0 Å². The van der Waals surface area contributed by atoms with Gasteiger partial charge in [0.15, 0.2) is 0 Å². The quantitative estimate of drug-likeness (QED) is 0.660. The van der Waals surface area contributed by atoms with Crippen LogP contribution in [0.15, 0.2) is 28.4 Å². The number of carbonyl (C=O) groups is 1. The van der Waals surface area contributed by atoms with Crippen LogP contribution in [0, 0.1) is 0 Å². The van der Waals surface area contributed by atoms with E-state index in [1.165, 1.54) is 24.8 Å². The van der Waals surface area contributed by atoms with E-state index in [9.17, 15) is 4.79 Å². The normalized spacial score (nSPS) is 14.9. The third-order valence-corrected chi connectivity index (χ3v) is 3.90. The molecular weight excluding hydrogens is 328 g/mol. The molecular formula is C14H16BrClN2O. The smallest absolute Gasteiger partial charge is 0.254 e. The van der Waals surface area contributed by atoms with Crippen molar-refractivity contribution < 1.29 is 4.79 Å². The summed E-state index contributed by atoms with van der Waals surface area (Å²) in [6.45, 7) is 0.646. The van der Waals surface area contributed by atoms with Crippen molar-refractivity contribution in [2.75, 3.05) is 6.54 Å². The van der Waals surface area contributed by atoms with Crippen LogP contribution in [0.25, 0.3) is 0 Å². The number of pyridine rings is 1. The van der Waals surface area contributed by atoms with Gasteiger partial charge < -0.3 is 5.32 Å². The lowest BCUT2D eigenvalue weighted by Crippen LogP contribution is -2.25. The van der Waals surface area contributed by atoms with E-state index in [-0.39, 0.29) is 11.1 Å². The predicted octanol–water partition coefficient (Wildman–Crippen LogP) is 4.12. The first-order chi connectivity index (χ1) is 9.16. The van der Waals surface area contributed by atoms with Gasteiger partial charge in [-0.15, -0.1) is 0 Å². The van der Waals surface area contributed by atoms with Crippen molar-refractivity contribution in [2.24, 2.45) is 0 Å². The summed E-state index contributed by atoms with van der Waals surface area (Å²) in [5.74, 6) is -0.171. The summed E-state index contributed by atoms with van der Waals surface area (Å²) < 4.78 is 0.747. The zero-order valence-electron chi connectivity index (χ0n) is 10.6. The van der Waals surface area contributed by atoms with Gasteiger partial charge in [-0.2, -0.15) is 0 Å². The highest BCUT2D eigenvalue weighted by atomic mass is 79.9. The molecule has 0 unspecified atom stereocenters. The van der Waals surface area contributed by atoms with Crippen LogP contribution in [0.4, 0.5) is 0 Å². The van der Waals surface area contributed by atoms with Gasteiger partial charge in [-0.05, 0) is 54.1 Å². The van der Waals surface area contributed by atoms with Gasteiger partial charge in [-0.1, -0.05) is 23.3 Å². The van der Waals surface area contributed by atoms with Crippen molar-refractivity contribution >= 4 is 33.4 Å². The first kappa shape index (κ1) is 14.5. The van der Waals surface area contributed by atoms with Crippen molar-refractivity contribution in [2.45, 2.75) is 32.1 Å². The van der Waals surface area contributed by atoms with Gasteiger partial charge in [0.2, 0.25) is 0 Å². The van der Waals surface area contributed by atoms with Gasteiger partial charge in [0, 0.05) is 17.2 Å². The number of hydrogen-bond donors (Lipinski definition) is 1. The maximum absolute atomic E-state index is 12.0. The lowest BCUT2D eigenvalue weighted by molar-refractivity contribution is 0.0954. The Labute approximate surface area is 126 Å². The summed E-state index contributed by atoms with van der Waals surface area (Å²) in [4.78, 5) is 15.9. The minimum atomic E-state index is -0.171. The van der Waals surface area contributed by atoms with Gasteiger partial charge in [0.05, 0.1) is 5.56 Å². The topological polar surface area (TPSA) is 42.0 Å². The zero-order chi connectivity index (χ0) is 13.7. The molecule has 0 saturated carbocycles. The maximum atomic E-state index is 12.0. The highest BCUT2D eigenvalue weighted by Gasteiger charge is 2.12. The Hall–Kier alpha value is -0.870. The Kier molecular flexibility index (Phi) is 5.40. The molecule has 0 atom stereocenters. The number of nitrogens with one attached hydrogen (secondary N) is 1. The van der Waals surface area contributed by atoms with Crippen molar-refractivity contribution in [3.8, 4) is 0 Å². The third-order valence-electron chi connectivity index (χ3n) is 3.17. The second kappa shape index (κ2) is 7.06. The van der Waals surface area contributed by atoms with Crippen LogP contribution in [-0.2, 0) is 0 Å². The summed E-state index contributed by atoms with van der Waals surface area (Å²) >= 11 is 9.20. The highest BCUT2D eigenvalue weighted by molar-refractivity contribution is 9.10. The Morgan fingerprint density at radius 3 is 3.05 bits per heavy atom. The van der Waals surface area contributed by atoms with Crippen LogP contribution in [-0.4, -0.2) is 17.4 Å². The predicted molar refractivity (Wildman–Crippen MR) is 80.4 cm³/mol. The molecule has 0 fully saturated rings. The fourth-order valence-electron chi connectivity index (χ4n) is 2.15. The average molecular weight is 344 g/mol. The molecule has 0 radical (unpaired) electrons. The molecule has 19 heavy (non-hydrogen) atoms. The van der Waals surface area contributed by atoms with E-state index in [1.807, 2.05) is 0 Å². The molecule has 1 aliphatic rings. The van der Waals surface area contributed by atoms with Crippen LogP contribution in [0.5, 0.6) is 0 Å². The summed E-state index contributed by atoms with van der Waals surface area (Å²) in [6.07, 6.45) is 9.68. The number of hydrogen-bond acceptors (Lipinski definition) is 2. The molecule has 1 N–H and O–H groups in total. The fourth-order valence-corrected chi connectivity index (χ4v) is 2.67. The van der Waals surface area contributed by atoms with E-state index in [0.29, 0.717) is 12.1 Å². The molecule has 0 aromatic carbocycles. The Bertz CT molecular complexity index is 502. The minimum Gasteiger partial charge on any atom is -0.352 e. The van der Waals surface area contributed by atoms with E-state index < -0.39 is 0 Å². The third kappa shape index (κ3) is 4.32. The van der Waals surface area contributed by atoms with Crippen molar-refractivity contribution in [3.63, 3.8) is 0 Å². The van der Waals surface area contributed by atoms with E-state index >= 15 is 0 Å². The number of carbonyl (C=O) groups excluding carboxylic acids is 1. The monoisotopic (exact) mass is 342 g/mol. The molecule has 1 amide bonds. The number of aromatic nitrogens is 1. The van der Waals surface area contributed by atoms with Crippen LogP contribution >= 0.6 is 27.5 Å². The minimum absolute atomic E-state index is 0.171. The van der Waals surface area contributed by atoms with Gasteiger partial charge in [-0.3, -0.25) is 4.79 Å². The fraction of sp³-hybridized carbons (Fsp3) is 0.429. The molecule has 1 aromatic rings. The number of halogens is 2. The molecule has 1 heterocycles. The molecule has 1 aliphatic carbocycles. The van der Waals surface area contributed by atoms with Crippen LogP contribution < -0.4 is 5.32 Å². The second-order valence-electron chi connectivity index (χ2n) is 4.61. The molecule has 3 nitrogen and oxygen atoms in total. The summed E-state index contributed by atoms with van der Waals surface area (Å²) in [5.41, 5.74) is 1.86. The van der Waals surface area contributed by atoms with Crippen LogP contribution in [0.2, 0.25) is 5.15 Å². The summed E-state index contributed by atoms with van der Waals surface area (Å²) in [6, 6.07) is 1.69. The summed E-state index contributed by atoms with van der Waals surface area (Å²) in [5, 5.41) is 3.12. The van der Waals surface area contributed by atoms with Crippen molar-refractivity contribution in [3.05, 3.63) is 39.1 Å². The van der Waals surface area contributed by atoms with Gasteiger partial charge in [0.25, 0.3) is 5.91 Å². The number of allylic oxidation sites excluding steroid dienone is 1. The Morgan fingerprint density at radius 1 is 1.47 bits per heavy atom. The first-order valence-corrected chi connectivity index (χ1v) is 7.61. The zero-order valence-corrected chi connectivity index (χ0v) is 12.9. The Morgan fingerprint density at radius 2 is 2.32 bits per heavy atom. The number of nitrogens with zero attached hydrogens (tertiary/aromatic N) is 1. The Balaban J connectivity index is 1.87. The lowest BCUT2D eigenvalue weighted by Gasteiger charge is -2.13. The number of rotatable bonds is 4. The van der Waals surface area contributed by atoms with E-state index in [4.69, 9.17) is 11.6 Å². The average Bonchev–Trinajstić information content (AvgIpc) is 2.42. The van der Waals surface area contributed by atoms with Crippen LogP contribution in [0.1, 0.15) is 42.5 Å². The van der Waals surface area contributed by atoms with Crippen molar-refractivity contribution in [1.29, 1.82) is 0 Å². The standard InChI is InChI=1S/C14H16BrClN2O/c15-11-8-12(13(16)18-9-11)14(19)17-7-6-10-4-2-1-3-5-10/h4,8-9H,1-3,5-7H2,(H,17,19). The maximum Gasteiger partial charge on any atom is 0.254 e. The number of amides is 1.